The van der Waals surface area contributed by atoms with E-state index in [2.05, 4.69) is 0 Å². The summed E-state index contributed by atoms with van der Waals surface area (Å²) in [5.74, 6) is -0.585. The third-order valence-electron chi connectivity index (χ3n) is 2.75. The molecule has 0 aliphatic heterocycles. The number of carbonyl (C=O) groups is 1. The lowest BCUT2D eigenvalue weighted by atomic mass is 10.1. The fourth-order valence-electron chi connectivity index (χ4n) is 1.34. The Labute approximate surface area is 96.1 Å². The predicted molar refractivity (Wildman–Crippen MR) is 62.8 cm³/mol. The topological polar surface area (TPSA) is 46.5 Å². The molecule has 0 aliphatic rings. The summed E-state index contributed by atoms with van der Waals surface area (Å²) in [7, 11) is 0. The number of rotatable bonds is 4. The van der Waals surface area contributed by atoms with Crippen LogP contribution in [0.25, 0.3) is 0 Å². The Bertz CT molecular complexity index is 385. The summed E-state index contributed by atoms with van der Waals surface area (Å²) in [5.41, 5.74) is 2.13. The van der Waals surface area contributed by atoms with Crippen LogP contribution in [0.2, 0.25) is 0 Å². The Hall–Kier alpha value is -1.51. The molecule has 2 atom stereocenters. The maximum Gasteiger partial charge on any atom is 0.309 e. The van der Waals surface area contributed by atoms with E-state index in [0.717, 1.165) is 16.9 Å². The van der Waals surface area contributed by atoms with E-state index in [0.29, 0.717) is 0 Å². The number of benzene rings is 1. The second-order valence-electron chi connectivity index (χ2n) is 4.22. The van der Waals surface area contributed by atoms with Gasteiger partial charge < -0.3 is 9.84 Å². The summed E-state index contributed by atoms with van der Waals surface area (Å²) in [6.45, 7) is 7.36. The molecule has 88 valence electrons. The predicted octanol–water partition coefficient (Wildman–Crippen LogP) is 2.79. The highest BCUT2D eigenvalue weighted by Gasteiger charge is 2.21. The molecule has 1 aromatic rings. The van der Waals surface area contributed by atoms with Gasteiger partial charge in [-0.1, -0.05) is 12.1 Å². The van der Waals surface area contributed by atoms with Crippen LogP contribution in [0.3, 0.4) is 0 Å². The zero-order chi connectivity index (χ0) is 12.3. The first-order valence-electron chi connectivity index (χ1n) is 5.38. The van der Waals surface area contributed by atoms with Gasteiger partial charge in [0.25, 0.3) is 0 Å². The summed E-state index contributed by atoms with van der Waals surface area (Å²) in [6, 6.07) is 5.91. The van der Waals surface area contributed by atoms with Gasteiger partial charge in [-0.3, -0.25) is 4.79 Å². The molecule has 0 spiro atoms. The molecule has 0 bridgehead atoms. The lowest BCUT2D eigenvalue weighted by Crippen LogP contribution is -2.28. The average molecular weight is 222 g/mol. The summed E-state index contributed by atoms with van der Waals surface area (Å²) in [4.78, 5) is 10.8. The smallest absolute Gasteiger partial charge is 0.309 e. The van der Waals surface area contributed by atoms with Crippen LogP contribution in [-0.4, -0.2) is 17.2 Å². The van der Waals surface area contributed by atoms with Crippen LogP contribution in [-0.2, 0) is 4.79 Å². The molecule has 1 rings (SSSR count). The van der Waals surface area contributed by atoms with Crippen molar-refractivity contribution < 1.29 is 14.6 Å². The van der Waals surface area contributed by atoms with E-state index < -0.39 is 11.9 Å². The van der Waals surface area contributed by atoms with Gasteiger partial charge in [-0.05, 0) is 44.9 Å². The van der Waals surface area contributed by atoms with E-state index in [1.807, 2.05) is 32.0 Å². The molecule has 2 unspecified atom stereocenters. The molecule has 3 nitrogen and oxygen atoms in total. The maximum atomic E-state index is 10.8. The molecule has 16 heavy (non-hydrogen) atoms. The molecule has 0 saturated heterocycles. The molecule has 1 N–H and O–H groups in total. The Morgan fingerprint density at radius 2 is 1.94 bits per heavy atom. The van der Waals surface area contributed by atoms with Crippen molar-refractivity contribution in [3.63, 3.8) is 0 Å². The monoisotopic (exact) mass is 222 g/mol. The van der Waals surface area contributed by atoms with Gasteiger partial charge in [-0.25, -0.2) is 0 Å². The first-order valence-corrected chi connectivity index (χ1v) is 5.38. The lowest BCUT2D eigenvalue weighted by molar-refractivity contribution is -0.143. The molecule has 0 heterocycles. The minimum atomic E-state index is -0.835. The number of carboxylic acid groups (broad SMARTS) is 1. The Kier molecular flexibility index (Phi) is 3.93. The third-order valence-corrected chi connectivity index (χ3v) is 2.75. The zero-order valence-corrected chi connectivity index (χ0v) is 10.2. The second kappa shape index (κ2) is 5.01. The largest absolute Gasteiger partial charge is 0.490 e. The van der Waals surface area contributed by atoms with Crippen molar-refractivity contribution in [3.8, 4) is 5.75 Å². The van der Waals surface area contributed by atoms with E-state index in [4.69, 9.17) is 9.84 Å². The Morgan fingerprint density at radius 3 is 2.50 bits per heavy atom. The van der Waals surface area contributed by atoms with Gasteiger partial charge in [0, 0.05) is 0 Å². The van der Waals surface area contributed by atoms with E-state index in [1.54, 1.807) is 13.8 Å². The SMILES string of the molecule is Cc1ccc(C)c(OC(C)C(C)C(=O)O)c1. The quantitative estimate of drug-likeness (QED) is 0.852. The fraction of sp³-hybridized carbons (Fsp3) is 0.462. The second-order valence-corrected chi connectivity index (χ2v) is 4.22. The minimum absolute atomic E-state index is 0.335. The standard InChI is InChI=1S/C13H18O3/c1-8-5-6-9(2)12(7-8)16-11(4)10(3)13(14)15/h5-7,10-11H,1-4H3,(H,14,15). The molecule has 3 heteroatoms. The molecular formula is C13H18O3. The van der Waals surface area contributed by atoms with Crippen molar-refractivity contribution in [3.05, 3.63) is 29.3 Å². The fourth-order valence-corrected chi connectivity index (χ4v) is 1.34. The first kappa shape index (κ1) is 12.6. The molecule has 0 radical (unpaired) electrons. The summed E-state index contributed by atoms with van der Waals surface area (Å²) in [6.07, 6.45) is -0.335. The zero-order valence-electron chi connectivity index (χ0n) is 10.2. The highest BCUT2D eigenvalue weighted by Crippen LogP contribution is 2.22. The van der Waals surface area contributed by atoms with E-state index in [1.165, 1.54) is 0 Å². The number of aryl methyl sites for hydroxylation is 2. The van der Waals surface area contributed by atoms with Crippen LogP contribution in [0.15, 0.2) is 18.2 Å². The van der Waals surface area contributed by atoms with Crippen LogP contribution < -0.4 is 4.74 Å². The van der Waals surface area contributed by atoms with E-state index in [9.17, 15) is 4.79 Å². The van der Waals surface area contributed by atoms with Gasteiger partial charge in [-0.2, -0.15) is 0 Å². The number of ether oxygens (including phenoxy) is 1. The van der Waals surface area contributed by atoms with Crippen molar-refractivity contribution in [2.75, 3.05) is 0 Å². The number of hydrogen-bond acceptors (Lipinski definition) is 2. The maximum absolute atomic E-state index is 10.8. The number of hydrogen-bond donors (Lipinski definition) is 1. The van der Waals surface area contributed by atoms with Crippen LogP contribution in [0, 0.1) is 19.8 Å². The van der Waals surface area contributed by atoms with Crippen molar-refractivity contribution in [2.45, 2.75) is 33.8 Å². The van der Waals surface area contributed by atoms with Crippen molar-refractivity contribution in [1.29, 1.82) is 0 Å². The highest BCUT2D eigenvalue weighted by molar-refractivity contribution is 5.70. The van der Waals surface area contributed by atoms with Gasteiger partial charge in [0.05, 0.1) is 5.92 Å². The molecule has 1 aromatic carbocycles. The third kappa shape index (κ3) is 2.99. The normalized spacial score (nSPS) is 14.2. The van der Waals surface area contributed by atoms with Crippen LogP contribution in [0.4, 0.5) is 0 Å². The lowest BCUT2D eigenvalue weighted by Gasteiger charge is -2.19. The summed E-state index contributed by atoms with van der Waals surface area (Å²) >= 11 is 0. The Balaban J connectivity index is 2.80. The van der Waals surface area contributed by atoms with E-state index >= 15 is 0 Å². The molecule has 0 amide bonds. The summed E-state index contributed by atoms with van der Waals surface area (Å²) in [5, 5.41) is 8.87. The van der Waals surface area contributed by atoms with E-state index in [-0.39, 0.29) is 6.10 Å². The average Bonchev–Trinajstić information content (AvgIpc) is 2.22. The van der Waals surface area contributed by atoms with Crippen LogP contribution in [0.5, 0.6) is 5.75 Å². The summed E-state index contributed by atoms with van der Waals surface area (Å²) < 4.78 is 5.67. The highest BCUT2D eigenvalue weighted by atomic mass is 16.5. The van der Waals surface area contributed by atoms with Crippen LogP contribution >= 0.6 is 0 Å². The minimum Gasteiger partial charge on any atom is -0.490 e. The molecule has 0 saturated carbocycles. The molecule has 0 aliphatic carbocycles. The van der Waals surface area contributed by atoms with Crippen molar-refractivity contribution in [1.82, 2.24) is 0 Å². The van der Waals surface area contributed by atoms with Crippen LogP contribution in [0.1, 0.15) is 25.0 Å². The van der Waals surface area contributed by atoms with Gasteiger partial charge in [0.1, 0.15) is 11.9 Å². The molecular weight excluding hydrogens is 204 g/mol. The van der Waals surface area contributed by atoms with Gasteiger partial charge in [0.15, 0.2) is 0 Å². The Morgan fingerprint density at radius 1 is 1.31 bits per heavy atom. The van der Waals surface area contributed by atoms with Gasteiger partial charge in [0.2, 0.25) is 0 Å². The number of aliphatic carboxylic acids is 1. The molecule has 0 aromatic heterocycles. The molecule has 0 fully saturated rings. The number of carboxylic acids is 1. The van der Waals surface area contributed by atoms with Crippen molar-refractivity contribution in [2.24, 2.45) is 5.92 Å². The van der Waals surface area contributed by atoms with Gasteiger partial charge in [-0.15, -0.1) is 0 Å². The van der Waals surface area contributed by atoms with Crippen molar-refractivity contribution >= 4 is 5.97 Å². The van der Waals surface area contributed by atoms with Gasteiger partial charge >= 0.3 is 5.97 Å². The first-order chi connectivity index (χ1) is 7.41.